The Bertz CT molecular complexity index is 660. The predicted molar refractivity (Wildman–Crippen MR) is 115 cm³/mol. The van der Waals surface area contributed by atoms with Crippen molar-refractivity contribution in [1.29, 1.82) is 0 Å². The van der Waals surface area contributed by atoms with Crippen LogP contribution < -0.4 is 10.6 Å². The molecule has 0 aliphatic rings. The standard InChI is InChI=1S/C17H23ClN4S.HI/c1-4-13-10-20-16(23-13)11-21-17(19-5-2)22-12(3)14-8-6-7-9-15(14)18;/h6-10,12H,4-5,11H2,1-3H3,(H2,19,21,22);1H. The largest absolute Gasteiger partial charge is 0.357 e. The van der Waals surface area contributed by atoms with Crippen LogP contribution in [0, 0.1) is 0 Å². The molecule has 0 aliphatic carbocycles. The van der Waals surface area contributed by atoms with E-state index in [4.69, 9.17) is 11.6 Å². The van der Waals surface area contributed by atoms with Crippen LogP contribution >= 0.6 is 46.9 Å². The van der Waals surface area contributed by atoms with Crippen molar-refractivity contribution in [3.8, 4) is 0 Å². The van der Waals surface area contributed by atoms with E-state index in [1.54, 1.807) is 11.3 Å². The highest BCUT2D eigenvalue weighted by Gasteiger charge is 2.11. The lowest BCUT2D eigenvalue weighted by Gasteiger charge is -2.19. The first kappa shape index (κ1) is 21.2. The number of hydrogen-bond donors (Lipinski definition) is 2. The van der Waals surface area contributed by atoms with Crippen LogP contribution in [0.3, 0.4) is 0 Å². The number of guanidine groups is 1. The Morgan fingerprint density at radius 1 is 1.33 bits per heavy atom. The Kier molecular flexibility index (Phi) is 9.61. The summed E-state index contributed by atoms with van der Waals surface area (Å²) in [7, 11) is 0. The van der Waals surface area contributed by atoms with E-state index in [0.29, 0.717) is 6.54 Å². The molecule has 1 aromatic carbocycles. The van der Waals surface area contributed by atoms with Gasteiger partial charge >= 0.3 is 0 Å². The highest BCUT2D eigenvalue weighted by Crippen LogP contribution is 2.22. The highest BCUT2D eigenvalue weighted by atomic mass is 127. The average molecular weight is 479 g/mol. The Morgan fingerprint density at radius 2 is 2.08 bits per heavy atom. The molecule has 0 saturated carbocycles. The number of aliphatic imine (C=N–C) groups is 1. The average Bonchev–Trinajstić information content (AvgIpc) is 3.01. The van der Waals surface area contributed by atoms with Gasteiger partial charge in [-0.15, -0.1) is 35.3 Å². The van der Waals surface area contributed by atoms with E-state index in [9.17, 15) is 0 Å². The van der Waals surface area contributed by atoms with Crippen molar-refractivity contribution in [2.75, 3.05) is 6.54 Å². The summed E-state index contributed by atoms with van der Waals surface area (Å²) in [5, 5.41) is 8.46. The number of benzene rings is 1. The topological polar surface area (TPSA) is 49.3 Å². The zero-order valence-corrected chi connectivity index (χ0v) is 18.1. The fourth-order valence-corrected chi connectivity index (χ4v) is 3.25. The molecule has 0 radical (unpaired) electrons. The minimum Gasteiger partial charge on any atom is -0.357 e. The third kappa shape index (κ3) is 6.22. The maximum Gasteiger partial charge on any atom is 0.192 e. The van der Waals surface area contributed by atoms with Gasteiger partial charge < -0.3 is 10.6 Å². The summed E-state index contributed by atoms with van der Waals surface area (Å²) in [5.41, 5.74) is 1.06. The van der Waals surface area contributed by atoms with Gasteiger partial charge in [0.1, 0.15) is 5.01 Å². The molecule has 1 atom stereocenters. The first-order valence-electron chi connectivity index (χ1n) is 7.86. The molecule has 132 valence electrons. The number of nitrogens with zero attached hydrogens (tertiary/aromatic N) is 2. The molecular formula is C17H24ClIN4S. The molecule has 0 spiro atoms. The molecule has 1 heterocycles. The van der Waals surface area contributed by atoms with Crippen molar-refractivity contribution < 1.29 is 0 Å². The Labute approximate surface area is 170 Å². The van der Waals surface area contributed by atoms with E-state index >= 15 is 0 Å². The Balaban J connectivity index is 0.00000288. The van der Waals surface area contributed by atoms with Crippen LogP contribution in [0.2, 0.25) is 5.02 Å². The maximum absolute atomic E-state index is 6.26. The fourth-order valence-electron chi connectivity index (χ4n) is 2.16. The van der Waals surface area contributed by atoms with E-state index in [1.807, 2.05) is 30.5 Å². The lowest BCUT2D eigenvalue weighted by atomic mass is 10.1. The van der Waals surface area contributed by atoms with E-state index < -0.39 is 0 Å². The molecule has 1 aromatic heterocycles. The molecule has 0 bridgehead atoms. The zero-order valence-electron chi connectivity index (χ0n) is 14.2. The van der Waals surface area contributed by atoms with E-state index in [2.05, 4.69) is 41.4 Å². The zero-order chi connectivity index (χ0) is 16.7. The second kappa shape index (κ2) is 10.9. The molecule has 0 aliphatic heterocycles. The monoisotopic (exact) mass is 478 g/mol. The lowest BCUT2D eigenvalue weighted by Crippen LogP contribution is -2.38. The first-order chi connectivity index (χ1) is 11.1. The van der Waals surface area contributed by atoms with E-state index in [1.165, 1.54) is 4.88 Å². The van der Waals surface area contributed by atoms with Crippen LogP contribution in [-0.4, -0.2) is 17.5 Å². The molecule has 1 unspecified atom stereocenters. The van der Waals surface area contributed by atoms with Crippen molar-refractivity contribution in [3.05, 3.63) is 50.9 Å². The van der Waals surface area contributed by atoms with Gasteiger partial charge in [-0.3, -0.25) is 0 Å². The summed E-state index contributed by atoms with van der Waals surface area (Å²) in [6.45, 7) is 7.65. The van der Waals surface area contributed by atoms with Crippen molar-refractivity contribution in [3.63, 3.8) is 0 Å². The summed E-state index contributed by atoms with van der Waals surface area (Å²) < 4.78 is 0. The van der Waals surface area contributed by atoms with Gasteiger partial charge in [0, 0.05) is 22.6 Å². The minimum absolute atomic E-state index is 0. The summed E-state index contributed by atoms with van der Waals surface area (Å²) >= 11 is 7.98. The molecule has 0 fully saturated rings. The molecule has 2 N–H and O–H groups in total. The third-order valence-corrected chi connectivity index (χ3v) is 4.86. The number of nitrogens with one attached hydrogen (secondary N) is 2. The predicted octanol–water partition coefficient (Wildman–Crippen LogP) is 4.79. The smallest absolute Gasteiger partial charge is 0.192 e. The van der Waals surface area contributed by atoms with Crippen molar-refractivity contribution >= 4 is 52.9 Å². The summed E-state index contributed by atoms with van der Waals surface area (Å²) in [4.78, 5) is 10.3. The number of halogens is 2. The second-order valence-corrected chi connectivity index (χ2v) is 6.76. The normalized spacial score (nSPS) is 12.4. The molecule has 0 amide bonds. The maximum atomic E-state index is 6.26. The molecule has 0 saturated heterocycles. The van der Waals surface area contributed by atoms with Crippen LogP contribution in [0.15, 0.2) is 35.5 Å². The van der Waals surface area contributed by atoms with E-state index in [-0.39, 0.29) is 30.0 Å². The van der Waals surface area contributed by atoms with Crippen LogP contribution in [0.1, 0.15) is 42.3 Å². The summed E-state index contributed by atoms with van der Waals surface area (Å²) in [5.74, 6) is 0.771. The summed E-state index contributed by atoms with van der Waals surface area (Å²) in [6.07, 6.45) is 2.95. The van der Waals surface area contributed by atoms with Gasteiger partial charge in [0.05, 0.1) is 12.6 Å². The van der Waals surface area contributed by atoms with Crippen LogP contribution in [-0.2, 0) is 13.0 Å². The van der Waals surface area contributed by atoms with Crippen LogP contribution in [0.5, 0.6) is 0 Å². The van der Waals surface area contributed by atoms with Gasteiger partial charge in [-0.25, -0.2) is 9.98 Å². The number of thiazole rings is 1. The van der Waals surface area contributed by atoms with Gasteiger partial charge in [0.15, 0.2) is 5.96 Å². The SMILES string of the molecule is CCNC(=NCc1ncc(CC)s1)NC(C)c1ccccc1Cl.I. The van der Waals surface area contributed by atoms with Gasteiger partial charge in [0.25, 0.3) is 0 Å². The first-order valence-corrected chi connectivity index (χ1v) is 9.06. The van der Waals surface area contributed by atoms with Gasteiger partial charge in [-0.2, -0.15) is 0 Å². The lowest BCUT2D eigenvalue weighted by molar-refractivity contribution is 0.686. The number of rotatable bonds is 6. The minimum atomic E-state index is 0. The quantitative estimate of drug-likeness (QED) is 0.356. The number of hydrogen-bond acceptors (Lipinski definition) is 3. The van der Waals surface area contributed by atoms with Gasteiger partial charge in [-0.05, 0) is 31.9 Å². The number of aromatic nitrogens is 1. The molecule has 4 nitrogen and oxygen atoms in total. The summed E-state index contributed by atoms with van der Waals surface area (Å²) in [6, 6.07) is 7.93. The molecule has 7 heteroatoms. The molecule has 2 rings (SSSR count). The fraction of sp³-hybridized carbons (Fsp3) is 0.412. The van der Waals surface area contributed by atoms with Crippen LogP contribution in [0.25, 0.3) is 0 Å². The van der Waals surface area contributed by atoms with Crippen molar-refractivity contribution in [1.82, 2.24) is 15.6 Å². The molecule has 24 heavy (non-hydrogen) atoms. The second-order valence-electron chi connectivity index (χ2n) is 5.16. The highest BCUT2D eigenvalue weighted by molar-refractivity contribution is 14.0. The Hall–Kier alpha value is -0.860. The van der Waals surface area contributed by atoms with Gasteiger partial charge in [0.2, 0.25) is 0 Å². The third-order valence-electron chi connectivity index (χ3n) is 3.39. The van der Waals surface area contributed by atoms with Crippen molar-refractivity contribution in [2.24, 2.45) is 4.99 Å². The Morgan fingerprint density at radius 3 is 2.71 bits per heavy atom. The van der Waals surface area contributed by atoms with Crippen LogP contribution in [0.4, 0.5) is 0 Å². The number of aryl methyl sites for hydroxylation is 1. The van der Waals surface area contributed by atoms with Crippen molar-refractivity contribution in [2.45, 2.75) is 39.8 Å². The van der Waals surface area contributed by atoms with E-state index in [0.717, 1.165) is 34.5 Å². The molecule has 2 aromatic rings. The molecular weight excluding hydrogens is 455 g/mol. The van der Waals surface area contributed by atoms with Gasteiger partial charge in [-0.1, -0.05) is 36.7 Å².